The molecule has 4 atom stereocenters. The summed E-state index contributed by atoms with van der Waals surface area (Å²) in [4.78, 5) is 0. The lowest BCUT2D eigenvalue weighted by atomic mass is 9.99. The molecule has 36 heavy (non-hydrogen) atoms. The van der Waals surface area contributed by atoms with Crippen LogP contribution >= 0.6 is 47.8 Å². The van der Waals surface area contributed by atoms with Gasteiger partial charge in [-0.15, -0.1) is 0 Å². The van der Waals surface area contributed by atoms with E-state index in [4.69, 9.17) is 23.7 Å². The lowest BCUT2D eigenvalue weighted by Gasteiger charge is -2.17. The molecule has 2 aliphatic carbocycles. The van der Waals surface area contributed by atoms with Gasteiger partial charge in [-0.05, 0) is 56.4 Å². The summed E-state index contributed by atoms with van der Waals surface area (Å²) >= 11 is 10.3. The number of allylic oxidation sites excluding steroid dienone is 4. The molecule has 5 nitrogen and oxygen atoms in total. The van der Waals surface area contributed by atoms with Crippen molar-refractivity contribution in [3.05, 3.63) is 98.8 Å². The van der Waals surface area contributed by atoms with Crippen molar-refractivity contribution >= 4 is 47.8 Å². The molecular weight excluding hydrogens is 656 g/mol. The van der Waals surface area contributed by atoms with Crippen molar-refractivity contribution in [3.8, 4) is 5.75 Å². The maximum absolute atomic E-state index is 5.57. The van der Waals surface area contributed by atoms with E-state index < -0.39 is 0 Å². The molecule has 1 aromatic rings. The highest BCUT2D eigenvalue weighted by Gasteiger charge is 2.26. The van der Waals surface area contributed by atoms with Crippen LogP contribution in [0.25, 0.3) is 0 Å². The number of halogens is 3. The second-order valence-corrected chi connectivity index (χ2v) is 10.7. The van der Waals surface area contributed by atoms with E-state index in [1.165, 1.54) is 4.48 Å². The first-order valence-corrected chi connectivity index (χ1v) is 14.2. The van der Waals surface area contributed by atoms with Crippen LogP contribution in [-0.2, 0) is 18.9 Å². The Morgan fingerprint density at radius 1 is 0.917 bits per heavy atom. The highest BCUT2D eigenvalue weighted by molar-refractivity contribution is 9.12. The van der Waals surface area contributed by atoms with E-state index >= 15 is 0 Å². The largest absolute Gasteiger partial charge is 0.493 e. The summed E-state index contributed by atoms with van der Waals surface area (Å²) in [5.74, 6) is 1.69. The SMILES string of the molecule is BrC1=CC2OC=CC2C=C1.BrC1=CC=CC2OC=CC12.CCOC(COc1cccc(Br)c1)OCC. The van der Waals surface area contributed by atoms with Gasteiger partial charge in [-0.2, -0.15) is 0 Å². The zero-order valence-corrected chi connectivity index (χ0v) is 25.0. The number of rotatable bonds is 7. The third-order valence-corrected chi connectivity index (χ3v) is 7.17. The van der Waals surface area contributed by atoms with Crippen molar-refractivity contribution in [1.29, 1.82) is 0 Å². The minimum absolute atomic E-state index is 0.236. The van der Waals surface area contributed by atoms with Crippen LogP contribution in [0.4, 0.5) is 0 Å². The lowest BCUT2D eigenvalue weighted by molar-refractivity contribution is -0.152. The Labute approximate surface area is 238 Å². The average Bonchev–Trinajstić information content (AvgIpc) is 3.54. The summed E-state index contributed by atoms with van der Waals surface area (Å²) in [6, 6.07) is 7.69. The fourth-order valence-corrected chi connectivity index (χ4v) is 4.96. The first-order valence-electron chi connectivity index (χ1n) is 11.8. The van der Waals surface area contributed by atoms with Crippen molar-refractivity contribution in [3.63, 3.8) is 0 Å². The van der Waals surface area contributed by atoms with Gasteiger partial charge in [0, 0.05) is 32.6 Å². The highest BCUT2D eigenvalue weighted by atomic mass is 79.9. The quantitative estimate of drug-likeness (QED) is 0.273. The van der Waals surface area contributed by atoms with Gasteiger partial charge < -0.3 is 23.7 Å². The molecule has 4 aliphatic rings. The van der Waals surface area contributed by atoms with E-state index in [0.717, 1.165) is 14.7 Å². The van der Waals surface area contributed by atoms with Gasteiger partial charge in [-0.3, -0.25) is 0 Å². The predicted octanol–water partition coefficient (Wildman–Crippen LogP) is 7.95. The molecule has 0 fully saturated rings. The second kappa shape index (κ2) is 15.6. The van der Waals surface area contributed by atoms with Crippen LogP contribution in [0.2, 0.25) is 0 Å². The van der Waals surface area contributed by atoms with Gasteiger partial charge in [-0.1, -0.05) is 78.2 Å². The minimum atomic E-state index is -0.297. The van der Waals surface area contributed by atoms with Crippen LogP contribution in [0.3, 0.4) is 0 Å². The van der Waals surface area contributed by atoms with E-state index in [1.54, 1.807) is 12.5 Å². The average molecular weight is 687 g/mol. The second-order valence-electron chi connectivity index (χ2n) is 7.92. The Morgan fingerprint density at radius 3 is 2.39 bits per heavy atom. The first-order chi connectivity index (χ1) is 17.5. The Balaban J connectivity index is 0.000000156. The number of hydrogen-bond acceptors (Lipinski definition) is 5. The maximum Gasteiger partial charge on any atom is 0.191 e. The van der Waals surface area contributed by atoms with Gasteiger partial charge in [0.05, 0.1) is 18.4 Å². The Kier molecular flexibility index (Phi) is 12.6. The number of fused-ring (bicyclic) bond motifs is 2. The van der Waals surface area contributed by atoms with Crippen molar-refractivity contribution in [1.82, 2.24) is 0 Å². The Morgan fingerprint density at radius 2 is 1.67 bits per heavy atom. The fourth-order valence-electron chi connectivity index (χ4n) is 3.60. The fraction of sp³-hybridized carbons (Fsp3) is 0.357. The molecule has 0 amide bonds. The Bertz CT molecular complexity index is 1010. The molecule has 2 aliphatic heterocycles. The van der Waals surface area contributed by atoms with Crippen LogP contribution in [0.5, 0.6) is 5.75 Å². The van der Waals surface area contributed by atoms with Crippen LogP contribution in [0.1, 0.15) is 13.8 Å². The normalized spacial score (nSPS) is 24.3. The summed E-state index contributed by atoms with van der Waals surface area (Å²) < 4.78 is 30.2. The summed E-state index contributed by atoms with van der Waals surface area (Å²) in [5, 5.41) is 0. The molecule has 0 spiro atoms. The zero-order valence-electron chi connectivity index (χ0n) is 20.3. The molecule has 0 radical (unpaired) electrons. The molecule has 2 heterocycles. The standard InChI is InChI=1S/C12H17BrO3.2C8H7BrO/c1-3-14-12(15-4-2)9-16-11-7-5-6-10(13)8-11;9-7-2-1-6-3-4-10-8(6)5-7;9-7-2-1-3-8-6(7)4-5-10-8/h5-8,12H,3-4,9H2,1-2H3;2*1-6,8H. The first kappa shape index (κ1) is 29.0. The monoisotopic (exact) mass is 684 g/mol. The summed E-state index contributed by atoms with van der Waals surface area (Å²) in [5.41, 5.74) is 0. The summed E-state index contributed by atoms with van der Waals surface area (Å²) in [6.07, 6.45) is 20.2. The van der Waals surface area contributed by atoms with Crippen LogP contribution in [0.15, 0.2) is 98.8 Å². The molecule has 0 aromatic heterocycles. The Hall–Kier alpha value is -1.58. The van der Waals surface area contributed by atoms with E-state index in [-0.39, 0.29) is 18.5 Å². The predicted molar refractivity (Wildman–Crippen MR) is 154 cm³/mol. The smallest absolute Gasteiger partial charge is 0.191 e. The van der Waals surface area contributed by atoms with Crippen molar-refractivity contribution < 1.29 is 23.7 Å². The third kappa shape index (κ3) is 9.38. The van der Waals surface area contributed by atoms with E-state index in [1.807, 2.05) is 44.2 Å². The minimum Gasteiger partial charge on any atom is -0.493 e. The van der Waals surface area contributed by atoms with Gasteiger partial charge in [0.2, 0.25) is 0 Å². The maximum atomic E-state index is 5.57. The van der Waals surface area contributed by atoms with Gasteiger partial charge in [0.25, 0.3) is 0 Å². The molecule has 1 aromatic carbocycles. The van der Waals surface area contributed by atoms with Gasteiger partial charge >= 0.3 is 0 Å². The molecule has 0 saturated carbocycles. The summed E-state index contributed by atoms with van der Waals surface area (Å²) in [6.45, 7) is 5.51. The summed E-state index contributed by atoms with van der Waals surface area (Å²) in [7, 11) is 0. The highest BCUT2D eigenvalue weighted by Crippen LogP contribution is 2.32. The molecule has 8 heteroatoms. The van der Waals surface area contributed by atoms with Crippen molar-refractivity contribution in [2.75, 3.05) is 19.8 Å². The van der Waals surface area contributed by atoms with Crippen molar-refractivity contribution in [2.45, 2.75) is 32.3 Å². The van der Waals surface area contributed by atoms with E-state index in [2.05, 4.69) is 90.3 Å². The number of ether oxygens (including phenoxy) is 5. The molecule has 0 bridgehead atoms. The van der Waals surface area contributed by atoms with Crippen LogP contribution in [-0.4, -0.2) is 38.3 Å². The zero-order chi connectivity index (χ0) is 25.8. The number of benzene rings is 1. The molecule has 5 rings (SSSR count). The molecule has 194 valence electrons. The molecule has 0 saturated heterocycles. The van der Waals surface area contributed by atoms with E-state index in [9.17, 15) is 0 Å². The van der Waals surface area contributed by atoms with Gasteiger partial charge in [-0.25, -0.2) is 0 Å². The number of hydrogen-bond donors (Lipinski definition) is 0. The topological polar surface area (TPSA) is 46.2 Å². The van der Waals surface area contributed by atoms with E-state index in [0.29, 0.717) is 31.7 Å². The van der Waals surface area contributed by atoms with Crippen LogP contribution < -0.4 is 4.74 Å². The molecular formula is C28H31Br3O5. The third-order valence-electron chi connectivity index (χ3n) is 5.35. The molecule has 0 N–H and O–H groups in total. The van der Waals surface area contributed by atoms with Crippen molar-refractivity contribution in [2.24, 2.45) is 11.8 Å². The molecule has 4 unspecified atom stereocenters. The van der Waals surface area contributed by atoms with Gasteiger partial charge in [0.1, 0.15) is 24.6 Å². The lowest BCUT2D eigenvalue weighted by Crippen LogP contribution is -2.25. The van der Waals surface area contributed by atoms with Gasteiger partial charge in [0.15, 0.2) is 6.29 Å². The van der Waals surface area contributed by atoms with Crippen LogP contribution in [0, 0.1) is 11.8 Å².